The summed E-state index contributed by atoms with van der Waals surface area (Å²) >= 11 is 7.41. The quantitative estimate of drug-likeness (QED) is 0.438. The summed E-state index contributed by atoms with van der Waals surface area (Å²) < 4.78 is 41.6. The molecule has 33 heavy (non-hydrogen) atoms. The molecule has 2 fully saturated rings. The zero-order valence-electron chi connectivity index (χ0n) is 17.7. The maximum Gasteiger partial charge on any atom is 0.272 e. The molecule has 2 N–H and O–H groups in total. The van der Waals surface area contributed by atoms with Gasteiger partial charge in [-0.15, -0.1) is 11.3 Å². The number of pyridine rings is 1. The third kappa shape index (κ3) is 5.01. The number of sulfonamides is 1. The van der Waals surface area contributed by atoms with Crippen molar-refractivity contribution in [1.29, 1.82) is 0 Å². The van der Waals surface area contributed by atoms with Crippen LogP contribution in [0.15, 0.2) is 58.8 Å². The molecule has 3 atom stereocenters. The Kier molecular flexibility index (Phi) is 6.30. The first kappa shape index (κ1) is 22.6. The van der Waals surface area contributed by atoms with Crippen molar-refractivity contribution < 1.29 is 12.8 Å². The predicted molar refractivity (Wildman–Crippen MR) is 130 cm³/mol. The van der Waals surface area contributed by atoms with Crippen LogP contribution in [0.1, 0.15) is 18.4 Å². The molecule has 0 radical (unpaired) electrons. The average Bonchev–Trinajstić information content (AvgIpc) is 3.25. The lowest BCUT2D eigenvalue weighted by molar-refractivity contribution is 0.148. The van der Waals surface area contributed by atoms with Gasteiger partial charge in [-0.3, -0.25) is 9.62 Å². The number of nitrogens with zero attached hydrogens (tertiary/aromatic N) is 2. The molecule has 2 aliphatic rings. The Labute approximate surface area is 201 Å². The fourth-order valence-corrected chi connectivity index (χ4v) is 7.59. The largest absolute Gasteiger partial charge is 0.380 e. The smallest absolute Gasteiger partial charge is 0.272 e. The molecular weight excluding hydrogens is 483 g/mol. The van der Waals surface area contributed by atoms with E-state index in [-0.39, 0.29) is 16.1 Å². The van der Waals surface area contributed by atoms with Gasteiger partial charge >= 0.3 is 0 Å². The van der Waals surface area contributed by atoms with E-state index >= 15 is 0 Å². The second kappa shape index (κ2) is 9.21. The summed E-state index contributed by atoms with van der Waals surface area (Å²) in [6.45, 7) is 2.95. The topological polar surface area (TPSA) is 74.3 Å². The maximum atomic E-state index is 13.3. The summed E-state index contributed by atoms with van der Waals surface area (Å²) in [5, 5.41) is 3.55. The van der Waals surface area contributed by atoms with Crippen molar-refractivity contribution in [3.63, 3.8) is 0 Å². The van der Waals surface area contributed by atoms with Crippen LogP contribution in [-0.4, -0.2) is 37.4 Å². The highest BCUT2D eigenvalue weighted by molar-refractivity contribution is 7.94. The van der Waals surface area contributed by atoms with E-state index in [9.17, 15) is 12.8 Å². The molecule has 1 aliphatic carbocycles. The second-order valence-corrected chi connectivity index (χ2v) is 12.2. The summed E-state index contributed by atoms with van der Waals surface area (Å²) in [6, 6.07) is 16.3. The van der Waals surface area contributed by atoms with E-state index in [0.29, 0.717) is 21.9 Å². The minimum absolute atomic E-state index is 0.0647. The Hall–Kier alpha value is -2.20. The Morgan fingerprint density at radius 1 is 1.09 bits per heavy atom. The number of thiophene rings is 1. The van der Waals surface area contributed by atoms with E-state index in [1.807, 2.05) is 6.07 Å². The third-order valence-corrected chi connectivity index (χ3v) is 9.55. The first-order valence-corrected chi connectivity index (χ1v) is 13.5. The van der Waals surface area contributed by atoms with Crippen molar-refractivity contribution in [2.75, 3.05) is 23.1 Å². The van der Waals surface area contributed by atoms with Crippen LogP contribution in [-0.2, 0) is 16.6 Å². The van der Waals surface area contributed by atoms with E-state index < -0.39 is 16.0 Å². The first-order valence-electron chi connectivity index (χ1n) is 10.8. The number of anilines is 2. The van der Waals surface area contributed by atoms with Crippen molar-refractivity contribution in [2.24, 2.45) is 11.8 Å². The molecule has 1 aliphatic heterocycles. The Bertz CT molecular complexity index is 1220. The lowest BCUT2D eigenvalue weighted by Gasteiger charge is -2.38. The number of fused-ring (bicyclic) bond motifs is 2. The minimum atomic E-state index is -3.92. The van der Waals surface area contributed by atoms with E-state index in [2.05, 4.69) is 44.2 Å². The van der Waals surface area contributed by atoms with Crippen LogP contribution in [0.2, 0.25) is 4.34 Å². The fraction of sp³-hybridized carbons (Fsp3) is 0.348. The van der Waals surface area contributed by atoms with Crippen LogP contribution in [0, 0.1) is 17.8 Å². The van der Waals surface area contributed by atoms with Gasteiger partial charge in [0.15, 0.2) is 0 Å². The predicted octanol–water partition coefficient (Wildman–Crippen LogP) is 5.06. The van der Waals surface area contributed by atoms with E-state index in [0.717, 1.165) is 49.9 Å². The monoisotopic (exact) mass is 506 g/mol. The van der Waals surface area contributed by atoms with Crippen LogP contribution in [0.4, 0.5) is 15.9 Å². The van der Waals surface area contributed by atoms with Gasteiger partial charge in [0, 0.05) is 25.7 Å². The SMILES string of the molecule is O=S(=O)(Nc1cccc(F)n1)c1cc(N[C@H]2[C@@H]3CC[C@H]2CN(Cc2ccccc2)C3)c(Cl)s1. The molecule has 1 saturated heterocycles. The Balaban J connectivity index is 1.27. The Morgan fingerprint density at radius 2 is 1.82 bits per heavy atom. The van der Waals surface area contributed by atoms with Gasteiger partial charge in [-0.25, -0.2) is 13.4 Å². The van der Waals surface area contributed by atoms with Crippen LogP contribution in [0.25, 0.3) is 0 Å². The van der Waals surface area contributed by atoms with E-state index in [4.69, 9.17) is 11.6 Å². The normalized spacial score (nSPS) is 22.9. The third-order valence-electron chi connectivity index (χ3n) is 6.36. The Morgan fingerprint density at radius 3 is 2.52 bits per heavy atom. The highest BCUT2D eigenvalue weighted by atomic mass is 35.5. The van der Waals surface area contributed by atoms with Gasteiger partial charge in [-0.2, -0.15) is 4.39 Å². The minimum Gasteiger partial charge on any atom is -0.380 e. The lowest BCUT2D eigenvalue weighted by atomic mass is 9.91. The van der Waals surface area contributed by atoms with Crippen molar-refractivity contribution >= 4 is 44.5 Å². The maximum absolute atomic E-state index is 13.3. The van der Waals surface area contributed by atoms with Gasteiger partial charge in [-0.05, 0) is 48.4 Å². The van der Waals surface area contributed by atoms with Crippen molar-refractivity contribution in [1.82, 2.24) is 9.88 Å². The number of likely N-dealkylation sites (tertiary alicyclic amines) is 1. The zero-order valence-corrected chi connectivity index (χ0v) is 20.1. The molecule has 1 saturated carbocycles. The molecule has 0 amide bonds. The molecule has 3 aromatic rings. The summed E-state index contributed by atoms with van der Waals surface area (Å²) in [4.78, 5) is 6.08. The van der Waals surface area contributed by atoms with E-state index in [1.165, 1.54) is 17.7 Å². The van der Waals surface area contributed by atoms with Gasteiger partial charge in [0.2, 0.25) is 5.95 Å². The standard InChI is InChI=1S/C23H24ClFN4O2S2/c24-23-18(11-21(32-23)33(30,31)28-20-8-4-7-19(25)27-20)26-22-16-9-10-17(22)14-29(13-16)12-15-5-2-1-3-6-15/h1-8,11,16-17,22,26H,9-10,12-14H2,(H,27,28)/t16-,17+,22+. The highest BCUT2D eigenvalue weighted by Gasteiger charge is 2.42. The average molecular weight is 507 g/mol. The number of benzene rings is 1. The number of halogens is 2. The van der Waals surface area contributed by atoms with Gasteiger partial charge in [0.1, 0.15) is 14.4 Å². The number of nitrogens with one attached hydrogen (secondary N) is 2. The van der Waals surface area contributed by atoms with Crippen molar-refractivity contribution in [3.8, 4) is 0 Å². The number of rotatable bonds is 7. The number of hydrogen-bond acceptors (Lipinski definition) is 6. The van der Waals surface area contributed by atoms with Gasteiger partial charge in [-0.1, -0.05) is 48.0 Å². The van der Waals surface area contributed by atoms with Crippen LogP contribution >= 0.6 is 22.9 Å². The van der Waals surface area contributed by atoms with Crippen molar-refractivity contribution in [2.45, 2.75) is 29.6 Å². The summed E-state index contributed by atoms with van der Waals surface area (Å²) in [5.74, 6) is 0.143. The summed E-state index contributed by atoms with van der Waals surface area (Å²) in [6.07, 6.45) is 2.29. The van der Waals surface area contributed by atoms with Crippen LogP contribution in [0.3, 0.4) is 0 Å². The van der Waals surface area contributed by atoms with Crippen LogP contribution < -0.4 is 10.0 Å². The highest BCUT2D eigenvalue weighted by Crippen LogP contribution is 2.42. The molecule has 174 valence electrons. The molecule has 10 heteroatoms. The second-order valence-electron chi connectivity index (χ2n) is 8.65. The molecule has 0 unspecified atom stereocenters. The number of hydrogen-bond donors (Lipinski definition) is 2. The number of piperidine rings is 1. The van der Waals surface area contributed by atoms with Crippen molar-refractivity contribution in [3.05, 3.63) is 70.4 Å². The molecule has 1 aromatic carbocycles. The molecule has 6 nitrogen and oxygen atoms in total. The summed E-state index contributed by atoms with van der Waals surface area (Å²) in [5.41, 5.74) is 1.95. The summed E-state index contributed by atoms with van der Waals surface area (Å²) in [7, 11) is -3.92. The molecule has 2 bridgehead atoms. The van der Waals surface area contributed by atoms with E-state index in [1.54, 1.807) is 6.07 Å². The van der Waals surface area contributed by atoms with Gasteiger partial charge < -0.3 is 5.32 Å². The zero-order chi connectivity index (χ0) is 23.0. The van der Waals surface area contributed by atoms with Gasteiger partial charge in [0.05, 0.1) is 5.69 Å². The molecular formula is C23H24ClFN4O2S2. The molecule has 5 rings (SSSR count). The van der Waals surface area contributed by atoms with Gasteiger partial charge in [0.25, 0.3) is 10.0 Å². The molecule has 0 spiro atoms. The lowest BCUT2D eigenvalue weighted by Crippen LogP contribution is -2.47. The van der Waals surface area contributed by atoms with Crippen LogP contribution in [0.5, 0.6) is 0 Å². The fourth-order valence-electron chi connectivity index (χ4n) is 4.94. The first-order chi connectivity index (χ1) is 15.9. The number of aromatic nitrogens is 1. The molecule has 2 aromatic heterocycles. The molecule has 3 heterocycles.